The summed E-state index contributed by atoms with van der Waals surface area (Å²) in [6.45, 7) is 3.75. The number of rotatable bonds is 5. The lowest BCUT2D eigenvalue weighted by Gasteiger charge is -2.23. The van der Waals surface area contributed by atoms with Crippen molar-refractivity contribution in [1.82, 2.24) is 9.78 Å². The molecule has 160 valence electrons. The molecule has 1 aromatic heterocycles. The predicted molar refractivity (Wildman–Crippen MR) is 115 cm³/mol. The van der Waals surface area contributed by atoms with Crippen molar-refractivity contribution in [3.8, 4) is 0 Å². The van der Waals surface area contributed by atoms with E-state index in [1.54, 1.807) is 13.1 Å². The number of nitrogens with one attached hydrogen (secondary N) is 1. The summed E-state index contributed by atoms with van der Waals surface area (Å²) in [5, 5.41) is 18.0. The average molecular weight is 433 g/mol. The van der Waals surface area contributed by atoms with Gasteiger partial charge in [-0.25, -0.2) is 4.39 Å². The van der Waals surface area contributed by atoms with Gasteiger partial charge in [-0.2, -0.15) is 5.10 Å². The molecular formula is C22H26ClFN4O2. The molecule has 0 saturated heterocycles. The summed E-state index contributed by atoms with van der Waals surface area (Å²) in [4.78, 5) is 13.0. The number of carbonyl (C=O) groups is 1. The van der Waals surface area contributed by atoms with Crippen molar-refractivity contribution in [3.05, 3.63) is 53.0 Å². The second kappa shape index (κ2) is 7.71. The minimum absolute atomic E-state index is 0.0668. The highest BCUT2D eigenvalue weighted by Crippen LogP contribution is 2.55. The van der Waals surface area contributed by atoms with Crippen LogP contribution in [0.5, 0.6) is 0 Å². The van der Waals surface area contributed by atoms with Crippen molar-refractivity contribution in [1.29, 1.82) is 0 Å². The normalized spacial score (nSPS) is 27.8. The van der Waals surface area contributed by atoms with Crippen LogP contribution in [0.25, 0.3) is 0 Å². The Morgan fingerprint density at radius 1 is 1.47 bits per heavy atom. The van der Waals surface area contributed by atoms with Crippen LogP contribution in [-0.2, 0) is 7.05 Å². The molecule has 2 atom stereocenters. The van der Waals surface area contributed by atoms with E-state index in [2.05, 4.69) is 17.0 Å². The smallest absolute Gasteiger partial charge is 0.261 e. The number of aliphatic hydroxyl groups is 1. The fraction of sp³-hybridized carbons (Fsp3) is 0.455. The van der Waals surface area contributed by atoms with Crippen LogP contribution < -0.4 is 11.1 Å². The summed E-state index contributed by atoms with van der Waals surface area (Å²) in [5.74, 6) is 0.249. The molecule has 4 rings (SSSR count). The molecule has 0 aliphatic heterocycles. The number of benzene rings is 1. The van der Waals surface area contributed by atoms with Crippen molar-refractivity contribution in [3.63, 3.8) is 0 Å². The number of fused-ring (bicyclic) bond motifs is 1. The monoisotopic (exact) mass is 432 g/mol. The van der Waals surface area contributed by atoms with Crippen molar-refractivity contribution >= 4 is 29.0 Å². The molecule has 2 saturated carbocycles. The van der Waals surface area contributed by atoms with Gasteiger partial charge in [0.1, 0.15) is 17.2 Å². The van der Waals surface area contributed by atoms with Crippen LogP contribution in [0.3, 0.4) is 0 Å². The molecule has 0 bridgehead atoms. The van der Waals surface area contributed by atoms with Gasteiger partial charge in [0.25, 0.3) is 5.91 Å². The number of nitrogens with zero attached hydrogens (tertiary/aromatic N) is 2. The number of carbonyl (C=O) groups excluding carboxylic acids is 1. The van der Waals surface area contributed by atoms with Crippen LogP contribution in [0.1, 0.15) is 54.1 Å². The van der Waals surface area contributed by atoms with Crippen molar-refractivity contribution in [2.75, 3.05) is 11.1 Å². The first kappa shape index (κ1) is 20.9. The number of nitrogen functional groups attached to an aromatic ring is 1. The quantitative estimate of drug-likeness (QED) is 0.615. The van der Waals surface area contributed by atoms with Crippen LogP contribution in [-0.4, -0.2) is 26.4 Å². The molecule has 0 radical (unpaired) electrons. The second-order valence-corrected chi connectivity index (χ2v) is 9.07. The van der Waals surface area contributed by atoms with Crippen LogP contribution >= 0.6 is 11.6 Å². The summed E-state index contributed by atoms with van der Waals surface area (Å²) >= 11 is 5.82. The van der Waals surface area contributed by atoms with Gasteiger partial charge in [0.2, 0.25) is 0 Å². The summed E-state index contributed by atoms with van der Waals surface area (Å²) in [6.07, 6.45) is 5.61. The highest BCUT2D eigenvalue weighted by atomic mass is 35.5. The Hall–Kier alpha value is -2.38. The Morgan fingerprint density at radius 2 is 2.13 bits per heavy atom. The first-order valence-electron chi connectivity index (χ1n) is 10.1. The molecule has 2 aliphatic rings. The van der Waals surface area contributed by atoms with Gasteiger partial charge in [-0.3, -0.25) is 9.48 Å². The standard InChI is InChI=1S/C22H26ClFN4O2/c1-3-6-22(30)10-13-7-12(8-14(13)11-22)19-18(20(25)28(2)27-19)21(29)26-15-4-5-17(24)16(23)9-15/h3-5,9,12-14,30H,1,6-8,10-11,25H2,2H3,(H,26,29). The van der Waals surface area contributed by atoms with E-state index >= 15 is 0 Å². The maximum atomic E-state index is 13.4. The Bertz CT molecular complexity index is 991. The maximum absolute atomic E-state index is 13.4. The molecule has 2 unspecified atom stereocenters. The van der Waals surface area contributed by atoms with Crippen LogP contribution in [0.15, 0.2) is 30.9 Å². The zero-order valence-corrected chi connectivity index (χ0v) is 17.6. The van der Waals surface area contributed by atoms with Gasteiger partial charge in [0.15, 0.2) is 0 Å². The molecule has 1 heterocycles. The van der Waals surface area contributed by atoms with E-state index in [4.69, 9.17) is 17.3 Å². The van der Waals surface area contributed by atoms with Gasteiger partial charge in [-0.1, -0.05) is 17.7 Å². The number of hydrogen-bond acceptors (Lipinski definition) is 4. The Morgan fingerprint density at radius 3 is 2.73 bits per heavy atom. The number of halogens is 2. The number of aryl methyl sites for hydroxylation is 1. The third-order valence-corrected chi connectivity index (χ3v) is 6.85. The fourth-order valence-electron chi connectivity index (χ4n) is 5.27. The van der Waals surface area contributed by atoms with Crippen LogP contribution in [0, 0.1) is 17.7 Å². The highest BCUT2D eigenvalue weighted by Gasteiger charge is 2.49. The Balaban J connectivity index is 1.55. The zero-order chi connectivity index (χ0) is 21.6. The van der Waals surface area contributed by atoms with Gasteiger partial charge in [0.05, 0.1) is 16.3 Å². The van der Waals surface area contributed by atoms with Gasteiger partial charge in [-0.15, -0.1) is 6.58 Å². The summed E-state index contributed by atoms with van der Waals surface area (Å²) in [5.41, 5.74) is 6.94. The van der Waals surface area contributed by atoms with Gasteiger partial charge in [0, 0.05) is 18.7 Å². The third-order valence-electron chi connectivity index (χ3n) is 6.56. The molecular weight excluding hydrogens is 407 g/mol. The van der Waals surface area contributed by atoms with Crippen LogP contribution in [0.4, 0.5) is 15.9 Å². The Kier molecular flexibility index (Phi) is 5.36. The first-order chi connectivity index (χ1) is 14.2. The predicted octanol–water partition coefficient (Wildman–Crippen LogP) is 4.26. The molecule has 1 amide bonds. The average Bonchev–Trinajstić information content (AvgIpc) is 3.28. The van der Waals surface area contributed by atoms with E-state index in [0.717, 1.165) is 25.7 Å². The second-order valence-electron chi connectivity index (χ2n) is 8.67. The molecule has 0 spiro atoms. The first-order valence-corrected chi connectivity index (χ1v) is 10.5. The molecule has 1 aromatic carbocycles. The van der Waals surface area contributed by atoms with E-state index in [1.807, 2.05) is 0 Å². The highest BCUT2D eigenvalue weighted by molar-refractivity contribution is 6.31. The molecule has 4 N–H and O–H groups in total. The molecule has 30 heavy (non-hydrogen) atoms. The van der Waals surface area contributed by atoms with Gasteiger partial charge < -0.3 is 16.2 Å². The number of aromatic nitrogens is 2. The van der Waals surface area contributed by atoms with Crippen molar-refractivity contribution < 1.29 is 14.3 Å². The summed E-state index contributed by atoms with van der Waals surface area (Å²) in [7, 11) is 1.71. The van der Waals surface area contributed by atoms with E-state index in [0.29, 0.717) is 35.2 Å². The molecule has 2 aliphatic carbocycles. The lowest BCUT2D eigenvalue weighted by atomic mass is 9.90. The lowest BCUT2D eigenvalue weighted by molar-refractivity contribution is 0.0413. The fourth-order valence-corrected chi connectivity index (χ4v) is 5.45. The van der Waals surface area contributed by atoms with Crippen LogP contribution in [0.2, 0.25) is 5.02 Å². The largest absolute Gasteiger partial charge is 0.390 e. The maximum Gasteiger partial charge on any atom is 0.261 e. The zero-order valence-electron chi connectivity index (χ0n) is 16.9. The van der Waals surface area contributed by atoms with E-state index in [-0.39, 0.29) is 16.8 Å². The third kappa shape index (κ3) is 3.72. The van der Waals surface area contributed by atoms with E-state index < -0.39 is 17.3 Å². The summed E-state index contributed by atoms with van der Waals surface area (Å²) < 4.78 is 14.9. The molecule has 2 aromatic rings. The lowest BCUT2D eigenvalue weighted by Crippen LogP contribution is -2.25. The number of anilines is 2. The van der Waals surface area contributed by atoms with Crippen molar-refractivity contribution in [2.24, 2.45) is 18.9 Å². The topological polar surface area (TPSA) is 93.2 Å². The SMILES string of the molecule is C=CCC1(O)CC2CC(c3nn(C)c(N)c3C(=O)Nc3ccc(F)c(Cl)c3)CC2C1. The molecule has 6 nitrogen and oxygen atoms in total. The van der Waals surface area contributed by atoms with Gasteiger partial charge in [-0.05, 0) is 62.1 Å². The minimum Gasteiger partial charge on any atom is -0.390 e. The Labute approximate surface area is 179 Å². The molecule has 8 heteroatoms. The van der Waals surface area contributed by atoms with E-state index in [9.17, 15) is 14.3 Å². The van der Waals surface area contributed by atoms with E-state index in [1.165, 1.54) is 22.9 Å². The molecule has 2 fully saturated rings. The number of amides is 1. The van der Waals surface area contributed by atoms with Gasteiger partial charge >= 0.3 is 0 Å². The number of hydrogen-bond donors (Lipinski definition) is 3. The number of nitrogens with two attached hydrogens (primary N) is 1. The minimum atomic E-state index is -0.659. The van der Waals surface area contributed by atoms with Crippen molar-refractivity contribution in [2.45, 2.75) is 43.6 Å². The summed E-state index contributed by atoms with van der Waals surface area (Å²) in [6, 6.07) is 4.02.